The van der Waals surface area contributed by atoms with Crippen molar-refractivity contribution in [1.29, 1.82) is 0 Å². The molecule has 0 radical (unpaired) electrons. The highest BCUT2D eigenvalue weighted by Crippen LogP contribution is 1.91. The maximum Gasteiger partial charge on any atom is 0.300 e. The number of nitrogens with two attached hydrogens (primary N) is 2. The normalized spacial score (nSPS) is 13.7. The van der Waals surface area contributed by atoms with Crippen molar-refractivity contribution in [2.45, 2.75) is 32.4 Å². The van der Waals surface area contributed by atoms with Gasteiger partial charge in [-0.15, -0.1) is 6.58 Å². The number of aliphatic carboxylic acids is 1. The van der Waals surface area contributed by atoms with Crippen LogP contribution in [0.5, 0.6) is 0 Å². The lowest BCUT2D eigenvalue weighted by atomic mass is 10.1. The molecule has 0 amide bonds. The second-order valence-electron chi connectivity index (χ2n) is 2.57. The summed E-state index contributed by atoms with van der Waals surface area (Å²) in [6.45, 7) is 6.53. The van der Waals surface area contributed by atoms with Crippen LogP contribution in [-0.4, -0.2) is 23.2 Å². The average molecular weight is 174 g/mol. The van der Waals surface area contributed by atoms with Crippen LogP contribution in [0.25, 0.3) is 0 Å². The average Bonchev–Trinajstić information content (AvgIpc) is 1.86. The van der Waals surface area contributed by atoms with E-state index in [0.29, 0.717) is 0 Å². The first-order valence-electron chi connectivity index (χ1n) is 3.73. The lowest BCUT2D eigenvalue weighted by molar-refractivity contribution is -0.134. The molecular formula is C8H18N2O2. The van der Waals surface area contributed by atoms with E-state index < -0.39 is 5.97 Å². The molecule has 0 aromatic rings. The molecule has 0 bridgehead atoms. The predicted molar refractivity (Wildman–Crippen MR) is 49.7 cm³/mol. The summed E-state index contributed by atoms with van der Waals surface area (Å²) in [5.74, 6) is -0.833. The fourth-order valence-corrected chi connectivity index (χ4v) is 0.407. The van der Waals surface area contributed by atoms with E-state index in [1.807, 2.05) is 6.92 Å². The maximum atomic E-state index is 9.00. The molecule has 5 N–H and O–H groups in total. The standard InChI is InChI=1S/C6H14N2.C2H4O2/c1-3-4-6(8)5(2)7;1-2(3)4/h3,5-6H,1,4,7-8H2,2H3;1H3,(H,3,4). The fraction of sp³-hybridized carbons (Fsp3) is 0.625. The number of hydrogen-bond acceptors (Lipinski definition) is 3. The van der Waals surface area contributed by atoms with Crippen LogP contribution in [0.2, 0.25) is 0 Å². The van der Waals surface area contributed by atoms with Crippen LogP contribution < -0.4 is 11.5 Å². The second-order valence-corrected chi connectivity index (χ2v) is 2.57. The zero-order chi connectivity index (χ0) is 10.1. The van der Waals surface area contributed by atoms with Gasteiger partial charge in [0.25, 0.3) is 5.97 Å². The monoisotopic (exact) mass is 174 g/mol. The highest BCUT2D eigenvalue weighted by molar-refractivity contribution is 5.62. The van der Waals surface area contributed by atoms with E-state index in [4.69, 9.17) is 21.4 Å². The van der Waals surface area contributed by atoms with Crippen molar-refractivity contribution in [3.05, 3.63) is 12.7 Å². The third kappa shape index (κ3) is 16.1. The van der Waals surface area contributed by atoms with Crippen LogP contribution in [-0.2, 0) is 4.79 Å². The molecule has 0 rings (SSSR count). The van der Waals surface area contributed by atoms with E-state index in [-0.39, 0.29) is 12.1 Å². The Morgan fingerprint density at radius 3 is 2.08 bits per heavy atom. The van der Waals surface area contributed by atoms with Crippen LogP contribution in [0.15, 0.2) is 12.7 Å². The SMILES string of the molecule is C=CCC(N)C(C)N.CC(=O)O. The van der Waals surface area contributed by atoms with Gasteiger partial charge in [0.2, 0.25) is 0 Å². The number of carboxylic acids is 1. The van der Waals surface area contributed by atoms with Gasteiger partial charge in [-0.2, -0.15) is 0 Å². The third-order valence-corrected chi connectivity index (χ3v) is 1.11. The zero-order valence-electron chi connectivity index (χ0n) is 7.66. The maximum absolute atomic E-state index is 9.00. The predicted octanol–water partition coefficient (Wildman–Crippen LogP) is 0.328. The third-order valence-electron chi connectivity index (χ3n) is 1.11. The number of carboxylic acid groups (broad SMARTS) is 1. The first-order chi connectivity index (χ1) is 5.41. The smallest absolute Gasteiger partial charge is 0.300 e. The van der Waals surface area contributed by atoms with Gasteiger partial charge >= 0.3 is 0 Å². The van der Waals surface area contributed by atoms with Crippen molar-refractivity contribution in [2.24, 2.45) is 11.5 Å². The van der Waals surface area contributed by atoms with E-state index in [1.54, 1.807) is 6.08 Å². The van der Waals surface area contributed by atoms with Gasteiger partial charge in [-0.25, -0.2) is 0 Å². The molecule has 0 spiro atoms. The largest absolute Gasteiger partial charge is 0.481 e. The van der Waals surface area contributed by atoms with Crippen molar-refractivity contribution >= 4 is 5.97 Å². The zero-order valence-corrected chi connectivity index (χ0v) is 7.66. The summed E-state index contributed by atoms with van der Waals surface area (Å²) >= 11 is 0. The van der Waals surface area contributed by atoms with Crippen LogP contribution >= 0.6 is 0 Å². The minimum atomic E-state index is -0.833. The highest BCUT2D eigenvalue weighted by Gasteiger charge is 2.03. The van der Waals surface area contributed by atoms with Gasteiger partial charge in [-0.05, 0) is 13.3 Å². The molecule has 4 nitrogen and oxygen atoms in total. The summed E-state index contributed by atoms with van der Waals surface area (Å²) in [5, 5.41) is 7.42. The Morgan fingerprint density at radius 1 is 1.67 bits per heavy atom. The summed E-state index contributed by atoms with van der Waals surface area (Å²) in [5.41, 5.74) is 11.0. The quantitative estimate of drug-likeness (QED) is 0.538. The number of rotatable bonds is 3. The van der Waals surface area contributed by atoms with E-state index in [2.05, 4.69) is 6.58 Å². The molecule has 12 heavy (non-hydrogen) atoms. The van der Waals surface area contributed by atoms with Gasteiger partial charge in [0.15, 0.2) is 0 Å². The topological polar surface area (TPSA) is 89.3 Å². The Bertz CT molecular complexity index is 131. The summed E-state index contributed by atoms with van der Waals surface area (Å²) < 4.78 is 0. The van der Waals surface area contributed by atoms with Gasteiger partial charge in [0.1, 0.15) is 0 Å². The van der Waals surface area contributed by atoms with E-state index in [1.165, 1.54) is 0 Å². The first kappa shape index (κ1) is 13.7. The Labute approximate surface area is 73.2 Å². The Morgan fingerprint density at radius 2 is 2.00 bits per heavy atom. The number of hydrogen-bond donors (Lipinski definition) is 3. The van der Waals surface area contributed by atoms with Gasteiger partial charge in [0.05, 0.1) is 0 Å². The molecule has 0 saturated heterocycles. The van der Waals surface area contributed by atoms with E-state index >= 15 is 0 Å². The summed E-state index contributed by atoms with van der Waals surface area (Å²) in [6.07, 6.45) is 2.59. The minimum Gasteiger partial charge on any atom is -0.481 e. The Balaban J connectivity index is 0. The minimum absolute atomic E-state index is 0.0764. The van der Waals surface area contributed by atoms with Crippen molar-refractivity contribution in [3.8, 4) is 0 Å². The van der Waals surface area contributed by atoms with Crippen molar-refractivity contribution in [3.63, 3.8) is 0 Å². The molecule has 0 aliphatic heterocycles. The van der Waals surface area contributed by atoms with Crippen LogP contribution in [0, 0.1) is 0 Å². The molecular weight excluding hydrogens is 156 g/mol. The van der Waals surface area contributed by atoms with Crippen molar-refractivity contribution in [1.82, 2.24) is 0 Å². The van der Waals surface area contributed by atoms with Crippen molar-refractivity contribution in [2.75, 3.05) is 0 Å². The Kier molecular flexibility index (Phi) is 9.40. The summed E-state index contributed by atoms with van der Waals surface area (Å²) in [4.78, 5) is 9.00. The summed E-state index contributed by atoms with van der Waals surface area (Å²) in [7, 11) is 0. The number of carbonyl (C=O) groups is 1. The van der Waals surface area contributed by atoms with Gasteiger partial charge in [0, 0.05) is 19.0 Å². The first-order valence-corrected chi connectivity index (χ1v) is 3.73. The lowest BCUT2D eigenvalue weighted by Crippen LogP contribution is -2.38. The molecule has 0 saturated carbocycles. The second kappa shape index (κ2) is 8.23. The molecule has 0 aromatic heterocycles. The molecule has 0 aliphatic carbocycles. The molecule has 0 fully saturated rings. The summed E-state index contributed by atoms with van der Waals surface area (Å²) in [6, 6.07) is 0.153. The van der Waals surface area contributed by atoms with Crippen LogP contribution in [0.1, 0.15) is 20.3 Å². The highest BCUT2D eigenvalue weighted by atomic mass is 16.4. The molecule has 2 unspecified atom stereocenters. The lowest BCUT2D eigenvalue weighted by Gasteiger charge is -2.11. The van der Waals surface area contributed by atoms with Crippen molar-refractivity contribution < 1.29 is 9.90 Å². The van der Waals surface area contributed by atoms with Crippen LogP contribution in [0.4, 0.5) is 0 Å². The molecule has 0 aliphatic rings. The molecule has 72 valence electrons. The fourth-order valence-electron chi connectivity index (χ4n) is 0.407. The van der Waals surface area contributed by atoms with Crippen LogP contribution in [0.3, 0.4) is 0 Å². The van der Waals surface area contributed by atoms with E-state index in [9.17, 15) is 0 Å². The van der Waals surface area contributed by atoms with Gasteiger partial charge < -0.3 is 16.6 Å². The molecule has 2 atom stereocenters. The van der Waals surface area contributed by atoms with E-state index in [0.717, 1.165) is 13.3 Å². The van der Waals surface area contributed by atoms with Gasteiger partial charge in [-0.1, -0.05) is 6.08 Å². The molecule has 0 heterocycles. The Hall–Kier alpha value is -0.870. The van der Waals surface area contributed by atoms with Gasteiger partial charge in [-0.3, -0.25) is 4.79 Å². The molecule has 0 aromatic carbocycles. The molecule has 4 heteroatoms.